The Morgan fingerprint density at radius 1 is 1.50 bits per heavy atom. The number of nitrogen functional groups attached to an aromatic ring is 1. The minimum Gasteiger partial charge on any atom is -0.384 e. The number of hydrogen-bond donors (Lipinski definition) is 2. The van der Waals surface area contributed by atoms with Crippen molar-refractivity contribution in [2.45, 2.75) is 25.4 Å². The standard InChI is InChI=1S/C14H15ClN4S/c15-12-11(13(16)17)5-6-18-14(12)19(9-3-4-9)8-10-2-1-7-20-10/h1-2,5-7,9H,3-4,8H2,(H3,16,17). The van der Waals surface area contributed by atoms with Gasteiger partial charge >= 0.3 is 0 Å². The number of nitrogens with two attached hydrogens (primary N) is 1. The third kappa shape index (κ3) is 2.64. The van der Waals surface area contributed by atoms with Crippen molar-refractivity contribution in [3.63, 3.8) is 0 Å². The highest BCUT2D eigenvalue weighted by Crippen LogP contribution is 2.37. The van der Waals surface area contributed by atoms with E-state index in [4.69, 9.17) is 22.7 Å². The van der Waals surface area contributed by atoms with Crippen molar-refractivity contribution in [3.8, 4) is 0 Å². The van der Waals surface area contributed by atoms with E-state index >= 15 is 0 Å². The average Bonchev–Trinajstić information content (AvgIpc) is 3.14. The van der Waals surface area contributed by atoms with E-state index in [1.807, 2.05) is 6.07 Å². The maximum atomic E-state index is 7.58. The second-order valence-electron chi connectivity index (χ2n) is 4.85. The van der Waals surface area contributed by atoms with Gasteiger partial charge in [0, 0.05) is 22.7 Å². The first-order valence-electron chi connectivity index (χ1n) is 6.44. The van der Waals surface area contributed by atoms with Crippen LogP contribution in [0.1, 0.15) is 23.3 Å². The Labute approximate surface area is 126 Å². The van der Waals surface area contributed by atoms with Gasteiger partial charge in [-0.2, -0.15) is 0 Å². The van der Waals surface area contributed by atoms with E-state index in [0.717, 1.165) is 25.2 Å². The van der Waals surface area contributed by atoms with Gasteiger partial charge in [0.25, 0.3) is 0 Å². The Morgan fingerprint density at radius 3 is 2.90 bits per heavy atom. The molecule has 0 radical (unpaired) electrons. The van der Waals surface area contributed by atoms with Crippen molar-refractivity contribution in [2.24, 2.45) is 5.73 Å². The summed E-state index contributed by atoms with van der Waals surface area (Å²) in [5.74, 6) is 0.709. The summed E-state index contributed by atoms with van der Waals surface area (Å²) in [6.07, 6.45) is 3.99. The predicted octanol–water partition coefficient (Wildman–Crippen LogP) is 3.25. The number of aromatic nitrogens is 1. The molecule has 3 rings (SSSR count). The molecule has 0 atom stereocenters. The van der Waals surface area contributed by atoms with E-state index < -0.39 is 0 Å². The Morgan fingerprint density at radius 2 is 2.30 bits per heavy atom. The minimum atomic E-state index is -0.0227. The second-order valence-corrected chi connectivity index (χ2v) is 6.26. The Hall–Kier alpha value is -1.59. The summed E-state index contributed by atoms with van der Waals surface area (Å²) in [7, 11) is 0. The first-order valence-corrected chi connectivity index (χ1v) is 7.70. The summed E-state index contributed by atoms with van der Waals surface area (Å²) < 4.78 is 0. The number of rotatable bonds is 5. The lowest BCUT2D eigenvalue weighted by Gasteiger charge is -2.24. The highest BCUT2D eigenvalue weighted by atomic mass is 35.5. The molecule has 0 unspecified atom stereocenters. The van der Waals surface area contributed by atoms with Gasteiger partial charge in [0.05, 0.1) is 11.6 Å². The number of nitrogens with zero attached hydrogens (tertiary/aromatic N) is 2. The van der Waals surface area contributed by atoms with Crippen LogP contribution in [0.4, 0.5) is 5.82 Å². The summed E-state index contributed by atoms with van der Waals surface area (Å²) in [5.41, 5.74) is 6.12. The fourth-order valence-electron chi connectivity index (χ4n) is 2.17. The zero-order valence-electron chi connectivity index (χ0n) is 10.8. The number of hydrogen-bond acceptors (Lipinski definition) is 4. The lowest BCUT2D eigenvalue weighted by Crippen LogP contribution is -2.26. The lowest BCUT2D eigenvalue weighted by molar-refractivity contribution is 0.786. The monoisotopic (exact) mass is 306 g/mol. The smallest absolute Gasteiger partial charge is 0.148 e. The lowest BCUT2D eigenvalue weighted by atomic mass is 10.2. The topological polar surface area (TPSA) is 66.0 Å². The fraction of sp³-hybridized carbons (Fsp3) is 0.286. The number of pyridine rings is 1. The quantitative estimate of drug-likeness (QED) is 0.658. The molecule has 2 aromatic heterocycles. The van der Waals surface area contributed by atoms with E-state index in [1.165, 1.54) is 4.88 Å². The highest BCUT2D eigenvalue weighted by Gasteiger charge is 2.32. The van der Waals surface area contributed by atoms with Crippen LogP contribution in [-0.4, -0.2) is 16.9 Å². The van der Waals surface area contributed by atoms with Crippen LogP contribution in [0, 0.1) is 5.41 Å². The molecule has 4 nitrogen and oxygen atoms in total. The van der Waals surface area contributed by atoms with Crippen molar-refractivity contribution < 1.29 is 0 Å². The molecule has 0 aromatic carbocycles. The number of anilines is 1. The molecule has 1 saturated carbocycles. The first-order chi connectivity index (χ1) is 9.66. The van der Waals surface area contributed by atoms with Gasteiger partial charge in [-0.15, -0.1) is 11.3 Å². The van der Waals surface area contributed by atoms with Crippen LogP contribution in [0.2, 0.25) is 5.02 Å². The van der Waals surface area contributed by atoms with Crippen LogP contribution >= 0.6 is 22.9 Å². The fourth-order valence-corrected chi connectivity index (χ4v) is 3.20. The van der Waals surface area contributed by atoms with E-state index in [-0.39, 0.29) is 5.84 Å². The predicted molar refractivity (Wildman–Crippen MR) is 83.8 cm³/mol. The molecule has 0 aliphatic heterocycles. The maximum absolute atomic E-state index is 7.58. The molecule has 1 aliphatic carbocycles. The normalized spacial score (nSPS) is 14.2. The van der Waals surface area contributed by atoms with Gasteiger partial charge in [-0.3, -0.25) is 5.41 Å². The third-order valence-corrected chi connectivity index (χ3v) is 4.56. The molecule has 0 saturated heterocycles. The number of thiophene rings is 1. The molecule has 3 N–H and O–H groups in total. The molecule has 2 heterocycles. The number of halogens is 1. The van der Waals surface area contributed by atoms with Crippen LogP contribution in [-0.2, 0) is 6.54 Å². The molecule has 0 bridgehead atoms. The van der Waals surface area contributed by atoms with Crippen molar-refractivity contribution in [3.05, 3.63) is 45.2 Å². The molecule has 2 aromatic rings. The Kier molecular flexibility index (Phi) is 3.63. The molecular weight excluding hydrogens is 292 g/mol. The van der Waals surface area contributed by atoms with E-state index in [9.17, 15) is 0 Å². The first kappa shape index (κ1) is 13.4. The van der Waals surface area contributed by atoms with Crippen molar-refractivity contribution in [1.29, 1.82) is 5.41 Å². The van der Waals surface area contributed by atoms with E-state index in [1.54, 1.807) is 23.6 Å². The van der Waals surface area contributed by atoms with E-state index in [0.29, 0.717) is 16.6 Å². The highest BCUT2D eigenvalue weighted by molar-refractivity contribution is 7.09. The average molecular weight is 307 g/mol. The van der Waals surface area contributed by atoms with Crippen LogP contribution in [0.15, 0.2) is 29.8 Å². The van der Waals surface area contributed by atoms with Crippen molar-refractivity contribution in [1.82, 2.24) is 4.98 Å². The van der Waals surface area contributed by atoms with Gasteiger partial charge in [-0.1, -0.05) is 17.7 Å². The van der Waals surface area contributed by atoms with Gasteiger partial charge < -0.3 is 10.6 Å². The Bertz CT molecular complexity index is 622. The van der Waals surface area contributed by atoms with Gasteiger partial charge in [0.15, 0.2) is 0 Å². The van der Waals surface area contributed by atoms with Gasteiger partial charge in [0.1, 0.15) is 11.7 Å². The van der Waals surface area contributed by atoms with Crippen LogP contribution < -0.4 is 10.6 Å². The van der Waals surface area contributed by atoms with E-state index in [2.05, 4.69) is 21.3 Å². The molecule has 20 heavy (non-hydrogen) atoms. The van der Waals surface area contributed by atoms with Crippen LogP contribution in [0.5, 0.6) is 0 Å². The molecule has 104 valence electrons. The zero-order valence-corrected chi connectivity index (χ0v) is 12.4. The van der Waals surface area contributed by atoms with Crippen LogP contribution in [0.3, 0.4) is 0 Å². The van der Waals surface area contributed by atoms with Gasteiger partial charge in [-0.05, 0) is 30.4 Å². The maximum Gasteiger partial charge on any atom is 0.148 e. The van der Waals surface area contributed by atoms with Gasteiger partial charge in [0.2, 0.25) is 0 Å². The summed E-state index contributed by atoms with van der Waals surface area (Å²) in [6, 6.07) is 6.34. The van der Waals surface area contributed by atoms with Crippen LogP contribution in [0.25, 0.3) is 0 Å². The Balaban J connectivity index is 1.95. The minimum absolute atomic E-state index is 0.0227. The zero-order chi connectivity index (χ0) is 14.1. The number of amidine groups is 1. The summed E-state index contributed by atoms with van der Waals surface area (Å²) >= 11 is 8.12. The summed E-state index contributed by atoms with van der Waals surface area (Å²) in [5, 5.41) is 10.1. The van der Waals surface area contributed by atoms with Crippen molar-refractivity contribution in [2.75, 3.05) is 4.90 Å². The molecule has 6 heteroatoms. The summed E-state index contributed by atoms with van der Waals surface area (Å²) in [6.45, 7) is 0.802. The molecular formula is C14H15ClN4S. The molecule has 1 aliphatic rings. The second kappa shape index (κ2) is 5.42. The third-order valence-electron chi connectivity index (χ3n) is 3.33. The molecule has 0 amide bonds. The SMILES string of the molecule is N=C(N)c1ccnc(N(Cc2cccs2)C2CC2)c1Cl. The van der Waals surface area contributed by atoms with Crippen molar-refractivity contribution >= 4 is 34.6 Å². The molecule has 1 fully saturated rings. The summed E-state index contributed by atoms with van der Waals surface area (Å²) in [4.78, 5) is 7.91. The van der Waals surface area contributed by atoms with Gasteiger partial charge in [-0.25, -0.2) is 4.98 Å². The largest absolute Gasteiger partial charge is 0.384 e. The number of nitrogens with one attached hydrogen (secondary N) is 1. The molecule has 0 spiro atoms.